The van der Waals surface area contributed by atoms with E-state index in [9.17, 15) is 24.8 Å². The molecule has 150 valence electrons. The first kappa shape index (κ1) is 19.8. The summed E-state index contributed by atoms with van der Waals surface area (Å²) < 4.78 is 4.87. The van der Waals surface area contributed by atoms with E-state index in [4.69, 9.17) is 4.74 Å². The number of hydrogen-bond acceptors (Lipinski definition) is 7. The second kappa shape index (κ2) is 8.38. The molecule has 3 N–H and O–H groups in total. The van der Waals surface area contributed by atoms with E-state index in [2.05, 4.69) is 15.8 Å². The van der Waals surface area contributed by atoms with Gasteiger partial charge in [-0.3, -0.25) is 19.7 Å². The number of phenols is 1. The molecule has 2 aromatic carbocycles. The Bertz CT molecular complexity index is 976. The topological polar surface area (TPSA) is 143 Å². The number of carbonyl (C=O) groups is 2. The zero-order valence-electron chi connectivity index (χ0n) is 15.4. The Morgan fingerprint density at radius 2 is 2.07 bits per heavy atom. The average molecular weight is 398 g/mol. The lowest BCUT2D eigenvalue weighted by Crippen LogP contribution is -2.34. The number of nitro groups is 1. The van der Waals surface area contributed by atoms with Crippen molar-refractivity contribution >= 4 is 23.7 Å². The molecule has 0 aromatic heterocycles. The number of nitro benzene ring substituents is 1. The maximum absolute atomic E-state index is 12.5. The lowest BCUT2D eigenvalue weighted by Gasteiger charge is -2.15. The van der Waals surface area contributed by atoms with E-state index >= 15 is 0 Å². The van der Waals surface area contributed by atoms with Crippen molar-refractivity contribution in [3.8, 4) is 11.5 Å². The van der Waals surface area contributed by atoms with Crippen LogP contribution in [0.2, 0.25) is 0 Å². The fourth-order valence-corrected chi connectivity index (χ4v) is 3.24. The van der Waals surface area contributed by atoms with E-state index < -0.39 is 34.1 Å². The lowest BCUT2D eigenvalue weighted by atomic mass is 9.88. The van der Waals surface area contributed by atoms with Crippen molar-refractivity contribution in [1.82, 2.24) is 10.7 Å². The van der Waals surface area contributed by atoms with Crippen LogP contribution < -0.4 is 15.5 Å². The molecule has 3 rings (SSSR count). The Hall–Kier alpha value is -3.95. The zero-order chi connectivity index (χ0) is 21.0. The van der Waals surface area contributed by atoms with Crippen LogP contribution in [0.4, 0.5) is 5.69 Å². The molecule has 2 aromatic rings. The second-order valence-corrected chi connectivity index (χ2v) is 6.29. The van der Waals surface area contributed by atoms with Crippen LogP contribution in [0.15, 0.2) is 47.6 Å². The minimum Gasteiger partial charge on any atom is -0.504 e. The van der Waals surface area contributed by atoms with Crippen molar-refractivity contribution in [2.24, 2.45) is 11.0 Å². The maximum Gasteiger partial charge on any atom is 0.323 e. The number of hydrazone groups is 1. The quantitative estimate of drug-likeness (QED) is 0.290. The molecule has 0 bridgehead atoms. The Morgan fingerprint density at radius 1 is 1.34 bits per heavy atom. The number of hydrogen-bond donors (Lipinski definition) is 3. The summed E-state index contributed by atoms with van der Waals surface area (Å²) >= 11 is 0. The minimum atomic E-state index is -0.973. The van der Waals surface area contributed by atoms with Crippen LogP contribution in [0, 0.1) is 16.0 Å². The summed E-state index contributed by atoms with van der Waals surface area (Å²) in [6, 6.07) is 11.6. The fourth-order valence-electron chi connectivity index (χ4n) is 3.24. The van der Waals surface area contributed by atoms with Gasteiger partial charge in [0.1, 0.15) is 5.92 Å². The summed E-state index contributed by atoms with van der Waals surface area (Å²) in [7, 11) is 1.19. The van der Waals surface area contributed by atoms with Gasteiger partial charge in [-0.05, 0) is 17.7 Å². The summed E-state index contributed by atoms with van der Waals surface area (Å²) in [5.74, 6) is -3.07. The molecule has 0 radical (unpaired) electrons. The highest BCUT2D eigenvalue weighted by atomic mass is 16.6. The van der Waals surface area contributed by atoms with Gasteiger partial charge in [0.15, 0.2) is 5.75 Å². The third-order valence-corrected chi connectivity index (χ3v) is 4.60. The molecule has 1 saturated heterocycles. The highest BCUT2D eigenvalue weighted by molar-refractivity contribution is 6.03. The van der Waals surface area contributed by atoms with Gasteiger partial charge < -0.3 is 15.2 Å². The number of amides is 2. The summed E-state index contributed by atoms with van der Waals surface area (Å²) in [4.78, 5) is 35.3. The van der Waals surface area contributed by atoms with Crippen molar-refractivity contribution in [3.63, 3.8) is 0 Å². The number of nitrogens with one attached hydrogen (secondary N) is 2. The summed E-state index contributed by atoms with van der Waals surface area (Å²) in [5.41, 5.74) is 2.63. The lowest BCUT2D eigenvalue weighted by molar-refractivity contribution is -0.386. The SMILES string of the molecule is COc1c(O)ccc(/C=N/NC(=O)C2C(=O)NCC2c2ccccc2)c1[N+](=O)[O-]. The highest BCUT2D eigenvalue weighted by Gasteiger charge is 2.41. The minimum absolute atomic E-state index is 0.0143. The molecular weight excluding hydrogens is 380 g/mol. The molecule has 1 aliphatic rings. The van der Waals surface area contributed by atoms with Gasteiger partial charge in [-0.1, -0.05) is 30.3 Å². The highest BCUT2D eigenvalue weighted by Crippen LogP contribution is 2.38. The predicted octanol–water partition coefficient (Wildman–Crippen LogP) is 1.29. The van der Waals surface area contributed by atoms with Crippen LogP contribution in [0.5, 0.6) is 11.5 Å². The first-order valence-corrected chi connectivity index (χ1v) is 8.64. The van der Waals surface area contributed by atoms with Gasteiger partial charge >= 0.3 is 5.69 Å². The van der Waals surface area contributed by atoms with Crippen LogP contribution in [-0.2, 0) is 9.59 Å². The molecule has 2 unspecified atom stereocenters. The largest absolute Gasteiger partial charge is 0.504 e. The van der Waals surface area contributed by atoms with Gasteiger partial charge in [0, 0.05) is 12.5 Å². The summed E-state index contributed by atoms with van der Waals surface area (Å²) in [5, 5.41) is 27.4. The normalized spacial score (nSPS) is 18.4. The molecule has 29 heavy (non-hydrogen) atoms. The third kappa shape index (κ3) is 4.00. The Labute approximate surface area is 165 Å². The van der Waals surface area contributed by atoms with Gasteiger partial charge in [0.25, 0.3) is 5.91 Å². The van der Waals surface area contributed by atoms with Gasteiger partial charge in [-0.15, -0.1) is 0 Å². The Morgan fingerprint density at radius 3 is 2.72 bits per heavy atom. The van der Waals surface area contributed by atoms with E-state index in [1.807, 2.05) is 30.3 Å². The number of nitrogens with zero attached hydrogens (tertiary/aromatic N) is 2. The fraction of sp³-hybridized carbons (Fsp3) is 0.211. The molecule has 1 aliphatic heterocycles. The number of phenolic OH excluding ortho intramolecular Hbond substituents is 1. The van der Waals surface area contributed by atoms with Crippen LogP contribution in [0.3, 0.4) is 0 Å². The van der Waals surface area contributed by atoms with E-state index in [1.54, 1.807) is 0 Å². The summed E-state index contributed by atoms with van der Waals surface area (Å²) in [6.45, 7) is 0.325. The first-order valence-electron chi connectivity index (χ1n) is 8.64. The number of methoxy groups -OCH3 is 1. The number of ether oxygens (including phenoxy) is 1. The molecule has 2 amide bonds. The number of aromatic hydroxyl groups is 1. The van der Waals surface area contributed by atoms with E-state index in [0.717, 1.165) is 11.8 Å². The molecule has 1 fully saturated rings. The van der Waals surface area contributed by atoms with Gasteiger partial charge in [-0.25, -0.2) is 5.43 Å². The standard InChI is InChI=1S/C19H18N4O6/c1-29-17-14(24)8-7-12(16(17)23(27)28)9-21-22-19(26)15-13(10-20-18(15)25)11-5-3-2-4-6-11/h2-9,13,15,24H,10H2,1H3,(H,20,25)(H,22,26)/b21-9+. The molecular formula is C19H18N4O6. The van der Waals surface area contributed by atoms with Crippen molar-refractivity contribution in [3.05, 3.63) is 63.7 Å². The smallest absolute Gasteiger partial charge is 0.323 e. The molecule has 1 heterocycles. The van der Waals surface area contributed by atoms with Crippen molar-refractivity contribution in [1.29, 1.82) is 0 Å². The van der Waals surface area contributed by atoms with Crippen LogP contribution in [-0.4, -0.2) is 41.7 Å². The van der Waals surface area contributed by atoms with E-state index in [-0.39, 0.29) is 17.2 Å². The van der Waals surface area contributed by atoms with Crippen molar-refractivity contribution in [2.75, 3.05) is 13.7 Å². The Balaban J connectivity index is 1.79. The number of benzene rings is 2. The third-order valence-electron chi connectivity index (χ3n) is 4.60. The first-order chi connectivity index (χ1) is 13.9. The monoisotopic (exact) mass is 398 g/mol. The zero-order valence-corrected chi connectivity index (χ0v) is 15.4. The molecule has 2 atom stereocenters. The number of carbonyl (C=O) groups excluding carboxylic acids is 2. The van der Waals surface area contributed by atoms with E-state index in [0.29, 0.717) is 6.54 Å². The molecule has 0 saturated carbocycles. The van der Waals surface area contributed by atoms with Crippen molar-refractivity contribution < 1.29 is 24.4 Å². The Kier molecular flexibility index (Phi) is 5.72. The molecule has 10 heteroatoms. The van der Waals surface area contributed by atoms with Gasteiger partial charge in [0.05, 0.1) is 23.8 Å². The molecule has 0 aliphatic carbocycles. The van der Waals surface area contributed by atoms with E-state index in [1.165, 1.54) is 19.2 Å². The molecule has 0 spiro atoms. The molecule has 10 nitrogen and oxygen atoms in total. The average Bonchev–Trinajstić information content (AvgIpc) is 3.10. The second-order valence-electron chi connectivity index (χ2n) is 6.29. The van der Waals surface area contributed by atoms with Crippen LogP contribution in [0.25, 0.3) is 0 Å². The number of rotatable bonds is 6. The van der Waals surface area contributed by atoms with Crippen LogP contribution in [0.1, 0.15) is 17.0 Å². The van der Waals surface area contributed by atoms with Gasteiger partial charge in [-0.2, -0.15) is 5.10 Å². The maximum atomic E-state index is 12.5. The van der Waals surface area contributed by atoms with Crippen LogP contribution >= 0.6 is 0 Å². The predicted molar refractivity (Wildman–Crippen MR) is 103 cm³/mol. The van der Waals surface area contributed by atoms with Gasteiger partial charge in [0.2, 0.25) is 11.7 Å². The summed E-state index contributed by atoms with van der Waals surface area (Å²) in [6.07, 6.45) is 1.06. The van der Waals surface area contributed by atoms with Crippen molar-refractivity contribution in [2.45, 2.75) is 5.92 Å².